The Balaban J connectivity index is 1.65. The Labute approximate surface area is 196 Å². The molecular weight excluding hydrogens is 470 g/mol. The van der Waals surface area contributed by atoms with Crippen LogP contribution in [0.5, 0.6) is 0 Å². The third kappa shape index (κ3) is 4.67. The molecular formula is C21H16ClN5O3S2. The fourth-order valence-corrected chi connectivity index (χ4v) is 4.98. The molecule has 0 aliphatic rings. The maximum Gasteiger partial charge on any atom is 0.270 e. The molecule has 11 heteroatoms. The molecule has 32 heavy (non-hydrogen) atoms. The number of thiazole rings is 1. The highest BCUT2D eigenvalue weighted by Gasteiger charge is 2.20. The zero-order valence-electron chi connectivity index (χ0n) is 16.9. The molecule has 1 N–H and O–H groups in total. The van der Waals surface area contributed by atoms with E-state index in [-0.39, 0.29) is 11.3 Å². The molecule has 1 amide bonds. The number of nitrogens with one attached hydrogen (secondary N) is 1. The molecule has 8 nitrogen and oxygen atoms in total. The van der Waals surface area contributed by atoms with E-state index in [1.54, 1.807) is 24.4 Å². The van der Waals surface area contributed by atoms with Crippen molar-refractivity contribution in [2.45, 2.75) is 16.7 Å². The molecule has 4 aromatic rings. The molecule has 0 unspecified atom stereocenters. The summed E-state index contributed by atoms with van der Waals surface area (Å²) in [6, 6.07) is 11.3. The van der Waals surface area contributed by atoms with Crippen LogP contribution in [0.3, 0.4) is 0 Å². The van der Waals surface area contributed by atoms with Crippen molar-refractivity contribution in [2.24, 2.45) is 7.05 Å². The number of non-ortho nitro benzene ring substituents is 1. The first kappa shape index (κ1) is 22.0. The molecule has 0 spiro atoms. The fraction of sp³-hybridized carbons (Fsp3) is 0.0952. The Morgan fingerprint density at radius 2 is 2.00 bits per heavy atom. The van der Waals surface area contributed by atoms with Crippen molar-refractivity contribution in [3.8, 4) is 10.7 Å². The van der Waals surface area contributed by atoms with Crippen molar-refractivity contribution in [2.75, 3.05) is 5.32 Å². The molecule has 0 saturated heterocycles. The van der Waals surface area contributed by atoms with Crippen molar-refractivity contribution in [1.29, 1.82) is 0 Å². The van der Waals surface area contributed by atoms with E-state index in [1.807, 2.05) is 36.9 Å². The lowest BCUT2D eigenvalue weighted by Gasteiger charge is -2.09. The quantitative estimate of drug-likeness (QED) is 0.273. The largest absolute Gasteiger partial charge is 0.333 e. The van der Waals surface area contributed by atoms with Crippen LogP contribution in [0.15, 0.2) is 64.6 Å². The van der Waals surface area contributed by atoms with Gasteiger partial charge in [0, 0.05) is 46.4 Å². The third-order valence-electron chi connectivity index (χ3n) is 4.50. The van der Waals surface area contributed by atoms with E-state index < -0.39 is 10.8 Å². The predicted octanol–water partition coefficient (Wildman–Crippen LogP) is 5.82. The number of rotatable bonds is 6. The van der Waals surface area contributed by atoms with Crippen LogP contribution in [-0.4, -0.2) is 25.4 Å². The first-order valence-electron chi connectivity index (χ1n) is 9.30. The number of nitro groups is 1. The second kappa shape index (κ2) is 9.11. The zero-order chi connectivity index (χ0) is 22.8. The monoisotopic (exact) mass is 485 g/mol. The Morgan fingerprint density at radius 1 is 1.25 bits per heavy atom. The molecule has 0 saturated carbocycles. The number of carbonyl (C=O) groups is 1. The van der Waals surface area contributed by atoms with Crippen molar-refractivity contribution < 1.29 is 9.72 Å². The van der Waals surface area contributed by atoms with Gasteiger partial charge in [0.2, 0.25) is 0 Å². The van der Waals surface area contributed by atoms with Gasteiger partial charge in [-0.25, -0.2) is 9.97 Å². The smallest absolute Gasteiger partial charge is 0.270 e. The van der Waals surface area contributed by atoms with E-state index >= 15 is 0 Å². The zero-order valence-corrected chi connectivity index (χ0v) is 19.3. The van der Waals surface area contributed by atoms with E-state index in [9.17, 15) is 14.9 Å². The van der Waals surface area contributed by atoms with Crippen molar-refractivity contribution in [3.05, 3.63) is 81.3 Å². The Kier molecular flexibility index (Phi) is 6.26. The molecule has 2 heterocycles. The first-order valence-corrected chi connectivity index (χ1v) is 11.3. The van der Waals surface area contributed by atoms with Crippen LogP contribution in [0.4, 0.5) is 10.8 Å². The minimum absolute atomic E-state index is 0.167. The van der Waals surface area contributed by atoms with Crippen LogP contribution >= 0.6 is 34.7 Å². The van der Waals surface area contributed by atoms with Crippen molar-refractivity contribution in [3.63, 3.8) is 0 Å². The van der Waals surface area contributed by atoms with E-state index in [0.717, 1.165) is 21.3 Å². The molecule has 162 valence electrons. The molecule has 0 fully saturated rings. The van der Waals surface area contributed by atoms with Gasteiger partial charge in [-0.2, -0.15) is 0 Å². The number of carbonyl (C=O) groups excluding carboxylic acids is 1. The molecule has 0 aliphatic heterocycles. The lowest BCUT2D eigenvalue weighted by atomic mass is 10.2. The topological polar surface area (TPSA) is 103 Å². The number of anilines is 1. The molecule has 0 atom stereocenters. The van der Waals surface area contributed by atoms with E-state index in [0.29, 0.717) is 15.0 Å². The van der Waals surface area contributed by atoms with Gasteiger partial charge in [0.05, 0.1) is 21.1 Å². The highest BCUT2D eigenvalue weighted by Crippen LogP contribution is 2.35. The standard InChI is InChI=1S/C21H16ClN5O3S2/c1-12-18(19-23-9-10-26(19)2)32-21(24-12)25-20(28)16-11-14(27(29)30)5-8-17(16)31-15-6-3-13(22)4-7-15/h3-11H,1-2H3,(H,24,25,28). The Hall–Kier alpha value is -3.21. The lowest BCUT2D eigenvalue weighted by Crippen LogP contribution is -2.13. The number of halogens is 1. The summed E-state index contributed by atoms with van der Waals surface area (Å²) in [7, 11) is 1.88. The molecule has 2 aromatic heterocycles. The number of imidazole rings is 1. The van der Waals surface area contributed by atoms with Gasteiger partial charge in [-0.15, -0.1) is 0 Å². The second-order valence-electron chi connectivity index (χ2n) is 6.74. The summed E-state index contributed by atoms with van der Waals surface area (Å²) >= 11 is 8.56. The summed E-state index contributed by atoms with van der Waals surface area (Å²) in [5.41, 5.74) is 0.750. The van der Waals surface area contributed by atoms with E-state index in [1.165, 1.54) is 35.2 Å². The normalized spacial score (nSPS) is 10.8. The van der Waals surface area contributed by atoms with Crippen LogP contribution in [-0.2, 0) is 7.05 Å². The van der Waals surface area contributed by atoms with Gasteiger partial charge in [-0.1, -0.05) is 34.7 Å². The number of benzene rings is 2. The van der Waals surface area contributed by atoms with Gasteiger partial charge in [-0.3, -0.25) is 20.2 Å². The van der Waals surface area contributed by atoms with Crippen molar-refractivity contribution in [1.82, 2.24) is 14.5 Å². The molecule has 0 radical (unpaired) electrons. The summed E-state index contributed by atoms with van der Waals surface area (Å²) in [4.78, 5) is 34.9. The maximum absolute atomic E-state index is 13.1. The third-order valence-corrected chi connectivity index (χ3v) is 6.91. The number of hydrogen-bond acceptors (Lipinski definition) is 7. The van der Waals surface area contributed by atoms with Crippen LogP contribution in [0, 0.1) is 17.0 Å². The lowest BCUT2D eigenvalue weighted by molar-refractivity contribution is -0.384. The van der Waals surface area contributed by atoms with Crippen LogP contribution in [0.2, 0.25) is 5.02 Å². The average molecular weight is 486 g/mol. The number of hydrogen-bond donors (Lipinski definition) is 1. The number of aryl methyl sites for hydroxylation is 2. The van der Waals surface area contributed by atoms with Gasteiger partial charge < -0.3 is 4.57 Å². The summed E-state index contributed by atoms with van der Waals surface area (Å²) in [6.45, 7) is 1.84. The molecule has 0 bridgehead atoms. The average Bonchev–Trinajstić information content (AvgIpc) is 3.34. The first-order chi connectivity index (χ1) is 15.3. The van der Waals surface area contributed by atoms with Gasteiger partial charge in [0.25, 0.3) is 11.6 Å². The fourth-order valence-electron chi connectivity index (χ4n) is 2.93. The van der Waals surface area contributed by atoms with E-state index in [2.05, 4.69) is 15.3 Å². The Bertz CT molecular complexity index is 1320. The number of aromatic nitrogens is 3. The Morgan fingerprint density at radius 3 is 2.66 bits per heavy atom. The molecule has 0 aliphatic carbocycles. The SMILES string of the molecule is Cc1nc(NC(=O)c2cc([N+](=O)[O-])ccc2Sc2ccc(Cl)cc2)sc1-c1nccn1C. The van der Waals surface area contributed by atoms with Gasteiger partial charge in [0.15, 0.2) is 11.0 Å². The second-order valence-corrected chi connectivity index (χ2v) is 9.29. The van der Waals surface area contributed by atoms with Crippen LogP contribution in [0.25, 0.3) is 10.7 Å². The van der Waals surface area contributed by atoms with E-state index in [4.69, 9.17) is 11.6 Å². The minimum Gasteiger partial charge on any atom is -0.333 e. The highest BCUT2D eigenvalue weighted by atomic mass is 35.5. The number of nitrogens with zero attached hydrogens (tertiary/aromatic N) is 4. The summed E-state index contributed by atoms with van der Waals surface area (Å²) < 4.78 is 1.87. The van der Waals surface area contributed by atoms with Gasteiger partial charge in [0.1, 0.15) is 0 Å². The molecule has 4 rings (SSSR count). The number of nitro benzene ring substituents is 1. The minimum atomic E-state index is -0.528. The number of amides is 1. The molecule has 2 aromatic carbocycles. The summed E-state index contributed by atoms with van der Waals surface area (Å²) in [5, 5.41) is 15.0. The predicted molar refractivity (Wildman–Crippen MR) is 126 cm³/mol. The highest BCUT2D eigenvalue weighted by molar-refractivity contribution is 7.99. The van der Waals surface area contributed by atoms with Gasteiger partial charge in [-0.05, 0) is 37.3 Å². The van der Waals surface area contributed by atoms with Gasteiger partial charge >= 0.3 is 0 Å². The van der Waals surface area contributed by atoms with Crippen LogP contribution < -0.4 is 5.32 Å². The van der Waals surface area contributed by atoms with Crippen LogP contribution in [0.1, 0.15) is 16.1 Å². The summed E-state index contributed by atoms with van der Waals surface area (Å²) in [6.07, 6.45) is 3.52. The summed E-state index contributed by atoms with van der Waals surface area (Å²) in [5.74, 6) is 0.264. The maximum atomic E-state index is 13.1. The van der Waals surface area contributed by atoms with Crippen molar-refractivity contribution >= 4 is 51.4 Å².